The largest absolute Gasteiger partial charge is 0.384 e. The smallest absolute Gasteiger partial charge is 0.258 e. The monoisotopic (exact) mass is 265 g/mol. The molecule has 1 aromatic rings. The lowest BCUT2D eigenvalue weighted by Gasteiger charge is -2.25. The normalized spacial score (nSPS) is 14.3. The molecule has 0 aromatic carbocycles. The molecule has 1 fully saturated rings. The summed E-state index contributed by atoms with van der Waals surface area (Å²) in [7, 11) is 0. The average molecular weight is 265 g/mol. The molecule has 0 atom stereocenters. The molecule has 7 heteroatoms. The van der Waals surface area contributed by atoms with Crippen LogP contribution in [0.2, 0.25) is 0 Å². The van der Waals surface area contributed by atoms with E-state index in [9.17, 15) is 9.59 Å². The van der Waals surface area contributed by atoms with Gasteiger partial charge in [0.1, 0.15) is 5.84 Å². The zero-order valence-electron chi connectivity index (χ0n) is 10.9. The van der Waals surface area contributed by atoms with Gasteiger partial charge < -0.3 is 20.9 Å². The van der Waals surface area contributed by atoms with E-state index in [1.54, 1.807) is 13.0 Å². The predicted octanol–water partition coefficient (Wildman–Crippen LogP) is -0.903. The molecule has 0 saturated carbocycles. The Morgan fingerprint density at radius 1 is 1.42 bits per heavy atom. The maximum absolute atomic E-state index is 10.8. The van der Waals surface area contributed by atoms with E-state index in [1.807, 2.05) is 4.90 Å². The number of rotatable bonds is 1. The Labute approximate surface area is 111 Å². The van der Waals surface area contributed by atoms with Crippen molar-refractivity contribution in [3.05, 3.63) is 34.2 Å². The molecule has 1 saturated heterocycles. The van der Waals surface area contributed by atoms with Gasteiger partial charge in [0.2, 0.25) is 5.91 Å². The van der Waals surface area contributed by atoms with Crippen LogP contribution in [0.1, 0.15) is 12.5 Å². The van der Waals surface area contributed by atoms with Crippen LogP contribution < -0.4 is 16.6 Å². The van der Waals surface area contributed by atoms with E-state index < -0.39 is 0 Å². The van der Waals surface area contributed by atoms with Gasteiger partial charge in [-0.25, -0.2) is 0 Å². The molecule has 104 valence electrons. The summed E-state index contributed by atoms with van der Waals surface area (Å²) < 4.78 is 0. The molecular weight excluding hydrogens is 246 g/mol. The highest BCUT2D eigenvalue weighted by Crippen LogP contribution is 1.90. The molecule has 0 radical (unpaired) electrons. The molecule has 0 bridgehead atoms. The third-order valence-corrected chi connectivity index (χ3v) is 2.67. The number of piperazine rings is 1. The van der Waals surface area contributed by atoms with E-state index in [0.29, 0.717) is 0 Å². The molecule has 2 rings (SSSR count). The van der Waals surface area contributed by atoms with Crippen LogP contribution in [0, 0.1) is 5.41 Å². The summed E-state index contributed by atoms with van der Waals surface area (Å²) >= 11 is 0. The Bertz CT molecular complexity index is 491. The minimum absolute atomic E-state index is 0.191. The van der Waals surface area contributed by atoms with Crippen molar-refractivity contribution in [3.63, 3.8) is 0 Å². The molecule has 5 N–H and O–H groups in total. The number of carbonyl (C=O) groups excluding carboxylic acids is 1. The molecule has 2 heterocycles. The number of nitrogen functional groups attached to an aromatic ring is 1. The molecule has 0 aliphatic carbocycles. The zero-order valence-corrected chi connectivity index (χ0v) is 10.9. The Hall–Kier alpha value is -2.15. The Morgan fingerprint density at radius 2 is 2.05 bits per heavy atom. The molecule has 1 aliphatic heterocycles. The number of nitrogens with zero attached hydrogens (tertiary/aromatic N) is 1. The topological polar surface area (TPSA) is 115 Å². The van der Waals surface area contributed by atoms with Crippen molar-refractivity contribution < 1.29 is 4.79 Å². The fourth-order valence-corrected chi connectivity index (χ4v) is 1.61. The third-order valence-electron chi connectivity index (χ3n) is 2.67. The first-order chi connectivity index (χ1) is 9.02. The van der Waals surface area contributed by atoms with E-state index in [1.165, 1.54) is 12.3 Å². The van der Waals surface area contributed by atoms with Gasteiger partial charge in [0.05, 0.1) is 5.56 Å². The highest BCUT2D eigenvalue weighted by Gasteiger charge is 2.10. The second-order valence-corrected chi connectivity index (χ2v) is 4.08. The zero-order chi connectivity index (χ0) is 14.3. The second kappa shape index (κ2) is 7.32. The minimum atomic E-state index is -0.324. The summed E-state index contributed by atoms with van der Waals surface area (Å²) in [4.78, 5) is 25.7. The number of hydrogen-bond acceptors (Lipinski definition) is 4. The lowest BCUT2D eigenvalue weighted by atomic mass is 10.3. The first-order valence-electron chi connectivity index (χ1n) is 6.00. The maximum atomic E-state index is 10.8. The lowest BCUT2D eigenvalue weighted by Crippen LogP contribution is -2.45. The van der Waals surface area contributed by atoms with Gasteiger partial charge in [0.25, 0.3) is 5.56 Å². The van der Waals surface area contributed by atoms with Crippen LogP contribution in [-0.2, 0) is 4.79 Å². The van der Waals surface area contributed by atoms with Crippen molar-refractivity contribution in [1.29, 1.82) is 5.41 Å². The standard InChI is InChI=1S/C6H7N3O.C6H12N2O/c7-5(8)4-2-1-3-9-6(4)10;1-6(9)8-4-2-7-3-5-8/h1-3H,(H3,7,8)(H,9,10);7H,2-5H2,1H3. The van der Waals surface area contributed by atoms with E-state index in [2.05, 4.69) is 10.3 Å². The Morgan fingerprint density at radius 3 is 2.42 bits per heavy atom. The minimum Gasteiger partial charge on any atom is -0.384 e. The summed E-state index contributed by atoms with van der Waals surface area (Å²) in [6.07, 6.45) is 1.49. The number of aromatic nitrogens is 1. The number of nitrogens with two attached hydrogens (primary N) is 1. The summed E-state index contributed by atoms with van der Waals surface area (Å²) in [6, 6.07) is 3.12. The van der Waals surface area contributed by atoms with Gasteiger partial charge in [0, 0.05) is 39.3 Å². The van der Waals surface area contributed by atoms with Crippen LogP contribution in [0.15, 0.2) is 23.1 Å². The highest BCUT2D eigenvalue weighted by atomic mass is 16.2. The molecule has 1 aromatic heterocycles. The van der Waals surface area contributed by atoms with Crippen molar-refractivity contribution in [1.82, 2.24) is 15.2 Å². The lowest BCUT2D eigenvalue weighted by molar-refractivity contribution is -0.129. The van der Waals surface area contributed by atoms with Gasteiger partial charge in [0.15, 0.2) is 0 Å². The molecule has 19 heavy (non-hydrogen) atoms. The number of pyridine rings is 1. The Balaban J connectivity index is 0.000000191. The summed E-state index contributed by atoms with van der Waals surface area (Å²) in [5.41, 5.74) is 4.96. The maximum Gasteiger partial charge on any atom is 0.258 e. The number of H-pyrrole nitrogens is 1. The van der Waals surface area contributed by atoms with E-state index in [0.717, 1.165) is 26.2 Å². The van der Waals surface area contributed by atoms with Gasteiger partial charge in [-0.2, -0.15) is 0 Å². The molecule has 7 nitrogen and oxygen atoms in total. The number of amidine groups is 1. The predicted molar refractivity (Wildman–Crippen MR) is 73.2 cm³/mol. The van der Waals surface area contributed by atoms with E-state index in [4.69, 9.17) is 11.1 Å². The SMILES string of the molecule is CC(=O)N1CCNCC1.N=C(N)c1ccc[nH]c1=O. The quantitative estimate of drug-likeness (QED) is 0.389. The molecule has 0 unspecified atom stereocenters. The fourth-order valence-electron chi connectivity index (χ4n) is 1.61. The molecular formula is C12H19N5O2. The van der Waals surface area contributed by atoms with Crippen molar-refractivity contribution >= 4 is 11.7 Å². The number of carbonyl (C=O) groups is 1. The van der Waals surface area contributed by atoms with Gasteiger partial charge in [-0.15, -0.1) is 0 Å². The van der Waals surface area contributed by atoms with Crippen molar-refractivity contribution in [2.45, 2.75) is 6.92 Å². The van der Waals surface area contributed by atoms with E-state index >= 15 is 0 Å². The Kier molecular flexibility index (Phi) is 5.74. The number of hydrogen-bond donors (Lipinski definition) is 4. The van der Waals surface area contributed by atoms with Crippen molar-refractivity contribution in [2.24, 2.45) is 5.73 Å². The van der Waals surface area contributed by atoms with Crippen LogP contribution in [0.5, 0.6) is 0 Å². The van der Waals surface area contributed by atoms with Crippen LogP contribution >= 0.6 is 0 Å². The molecule has 1 amide bonds. The molecule has 0 spiro atoms. The summed E-state index contributed by atoms with van der Waals surface area (Å²) in [6.45, 7) is 5.25. The first-order valence-corrected chi connectivity index (χ1v) is 6.00. The second-order valence-electron chi connectivity index (χ2n) is 4.08. The van der Waals surface area contributed by atoms with Crippen molar-refractivity contribution in [3.8, 4) is 0 Å². The summed E-state index contributed by atoms with van der Waals surface area (Å²) in [5.74, 6) is -0.0154. The summed E-state index contributed by atoms with van der Waals surface area (Å²) in [5, 5.41) is 10.1. The number of nitrogens with one attached hydrogen (secondary N) is 3. The third kappa shape index (κ3) is 4.92. The van der Waals surface area contributed by atoms with Crippen LogP contribution in [0.4, 0.5) is 0 Å². The van der Waals surface area contributed by atoms with Gasteiger partial charge in [-0.05, 0) is 12.1 Å². The van der Waals surface area contributed by atoms with Crippen LogP contribution in [0.3, 0.4) is 0 Å². The fraction of sp³-hybridized carbons (Fsp3) is 0.417. The van der Waals surface area contributed by atoms with Crippen molar-refractivity contribution in [2.75, 3.05) is 26.2 Å². The average Bonchev–Trinajstić information content (AvgIpc) is 2.40. The van der Waals surface area contributed by atoms with Crippen LogP contribution in [0.25, 0.3) is 0 Å². The number of amides is 1. The van der Waals surface area contributed by atoms with Gasteiger partial charge in [-0.1, -0.05) is 0 Å². The van der Waals surface area contributed by atoms with Crippen LogP contribution in [-0.4, -0.2) is 47.8 Å². The van der Waals surface area contributed by atoms with Gasteiger partial charge >= 0.3 is 0 Å². The number of aromatic amines is 1. The molecule has 1 aliphatic rings. The first kappa shape index (κ1) is 14.9. The highest BCUT2D eigenvalue weighted by molar-refractivity contribution is 5.94. The van der Waals surface area contributed by atoms with Gasteiger partial charge in [-0.3, -0.25) is 15.0 Å². The van der Waals surface area contributed by atoms with E-state index in [-0.39, 0.29) is 22.9 Å².